The van der Waals surface area contributed by atoms with E-state index in [9.17, 15) is 13.2 Å². The maximum absolute atomic E-state index is 11.2. The van der Waals surface area contributed by atoms with Gasteiger partial charge in [0.1, 0.15) is 0 Å². The normalized spacial score (nSPS) is 10.9. The van der Waals surface area contributed by atoms with Crippen LogP contribution in [0, 0.1) is 6.92 Å². The summed E-state index contributed by atoms with van der Waals surface area (Å²) in [6.07, 6.45) is -1.17. The molecule has 0 heterocycles. The maximum atomic E-state index is 11.2. The number of aryl methyl sites for hydroxylation is 1. The van der Waals surface area contributed by atoms with Crippen molar-refractivity contribution in [3.8, 4) is 0 Å². The van der Waals surface area contributed by atoms with Crippen molar-refractivity contribution in [2.24, 2.45) is 0 Å². The Morgan fingerprint density at radius 1 is 1.44 bits per heavy atom. The molecule has 0 aliphatic heterocycles. The van der Waals surface area contributed by atoms with E-state index in [-0.39, 0.29) is 0 Å². The average Bonchev–Trinajstić information content (AvgIpc) is 2.14. The van der Waals surface area contributed by atoms with Gasteiger partial charge in [-0.1, -0.05) is 12.1 Å². The summed E-state index contributed by atoms with van der Waals surface area (Å²) in [4.78, 5) is 12.2. The molecular weight excluding hydrogens is 234 g/mol. The molecule has 0 aliphatic carbocycles. The smallest absolute Gasteiger partial charge is 0.306 e. The highest BCUT2D eigenvalue weighted by molar-refractivity contribution is 7.81. The average molecular weight is 245 g/mol. The molecule has 0 fully saturated rings. The minimum atomic E-state index is -4.78. The summed E-state index contributed by atoms with van der Waals surface area (Å²) in [5, 5.41) is 0. The summed E-state index contributed by atoms with van der Waals surface area (Å²) in [5.41, 5.74) is 1.37. The third-order valence-electron chi connectivity index (χ3n) is 1.84. The Kier molecular flexibility index (Phi) is 3.51. The highest BCUT2D eigenvalue weighted by Crippen LogP contribution is 2.15. The zero-order chi connectivity index (χ0) is 12.3. The summed E-state index contributed by atoms with van der Waals surface area (Å²) < 4.78 is 32.8. The lowest BCUT2D eigenvalue weighted by molar-refractivity contribution is 0.204. The number of hydrogen-bond donors (Lipinski definition) is 1. The van der Waals surface area contributed by atoms with E-state index in [4.69, 9.17) is 4.55 Å². The van der Waals surface area contributed by atoms with Gasteiger partial charge >= 0.3 is 16.5 Å². The predicted molar refractivity (Wildman–Crippen MR) is 57.6 cm³/mol. The highest BCUT2D eigenvalue weighted by atomic mass is 32.3. The summed E-state index contributed by atoms with van der Waals surface area (Å²) in [7, 11) is -3.44. The number of nitrogens with zero attached hydrogens (tertiary/aromatic N) is 1. The molecule has 0 bridgehead atoms. The molecule has 0 saturated heterocycles. The Morgan fingerprint density at radius 3 is 2.56 bits per heavy atom. The molecule has 0 aliphatic rings. The fourth-order valence-corrected chi connectivity index (χ4v) is 1.38. The van der Waals surface area contributed by atoms with Crippen molar-refractivity contribution < 1.29 is 21.9 Å². The number of carbonyl (C=O) groups excluding carboxylic acids is 1. The van der Waals surface area contributed by atoms with Gasteiger partial charge in [-0.15, -0.1) is 0 Å². The van der Waals surface area contributed by atoms with E-state index in [0.29, 0.717) is 5.69 Å². The van der Waals surface area contributed by atoms with Crippen molar-refractivity contribution in [3.05, 3.63) is 29.8 Å². The van der Waals surface area contributed by atoms with Crippen LogP contribution in [0.15, 0.2) is 24.3 Å². The van der Waals surface area contributed by atoms with Crippen LogP contribution in [-0.4, -0.2) is 26.1 Å². The van der Waals surface area contributed by atoms with Gasteiger partial charge in [0.25, 0.3) is 0 Å². The molecular formula is C9H11NO5S. The molecule has 0 radical (unpaired) electrons. The Bertz CT molecular complexity index is 496. The Labute approximate surface area is 93.4 Å². The van der Waals surface area contributed by atoms with E-state index < -0.39 is 16.5 Å². The second-order valence-corrected chi connectivity index (χ2v) is 4.20. The zero-order valence-corrected chi connectivity index (χ0v) is 9.56. The molecule has 16 heavy (non-hydrogen) atoms. The predicted octanol–water partition coefficient (Wildman–Crippen LogP) is 1.37. The number of benzene rings is 1. The minimum Gasteiger partial charge on any atom is -0.306 e. The first kappa shape index (κ1) is 12.5. The van der Waals surface area contributed by atoms with E-state index in [0.717, 1.165) is 10.5 Å². The SMILES string of the molecule is Cc1cccc(N(C)C(=O)OS(=O)(=O)O)c1. The summed E-state index contributed by atoms with van der Waals surface area (Å²) in [5.74, 6) is 0. The van der Waals surface area contributed by atoms with Gasteiger partial charge in [0.15, 0.2) is 0 Å². The second kappa shape index (κ2) is 4.50. The fourth-order valence-electron chi connectivity index (χ4n) is 1.09. The second-order valence-electron chi connectivity index (χ2n) is 3.17. The van der Waals surface area contributed by atoms with Gasteiger partial charge in [0, 0.05) is 12.7 Å². The van der Waals surface area contributed by atoms with Crippen LogP contribution in [0.5, 0.6) is 0 Å². The molecule has 7 heteroatoms. The van der Waals surface area contributed by atoms with E-state index in [1.54, 1.807) is 18.2 Å². The van der Waals surface area contributed by atoms with E-state index >= 15 is 0 Å². The molecule has 0 saturated carbocycles. The number of carbonyl (C=O) groups is 1. The molecule has 6 nitrogen and oxygen atoms in total. The molecule has 88 valence electrons. The van der Waals surface area contributed by atoms with Crippen LogP contribution in [0.1, 0.15) is 5.56 Å². The first-order chi connectivity index (χ1) is 7.29. The van der Waals surface area contributed by atoms with Crippen LogP contribution < -0.4 is 4.90 Å². The summed E-state index contributed by atoms with van der Waals surface area (Å²) >= 11 is 0. The summed E-state index contributed by atoms with van der Waals surface area (Å²) in [6, 6.07) is 6.82. The number of hydrogen-bond acceptors (Lipinski definition) is 4. The first-order valence-electron chi connectivity index (χ1n) is 4.31. The maximum Gasteiger partial charge on any atom is 0.450 e. The van der Waals surface area contributed by atoms with Crippen LogP contribution >= 0.6 is 0 Å². The molecule has 0 spiro atoms. The molecule has 0 atom stereocenters. The minimum absolute atomic E-state index is 0.466. The standard InChI is InChI=1S/C9H11NO5S/c1-7-4-3-5-8(6-7)10(2)9(11)15-16(12,13)14/h3-6H,1-2H3,(H,12,13,14). The Morgan fingerprint density at radius 2 is 2.06 bits per heavy atom. The van der Waals surface area contributed by atoms with Crippen LogP contribution in [0.2, 0.25) is 0 Å². The molecule has 1 aromatic carbocycles. The van der Waals surface area contributed by atoms with Crippen LogP contribution in [0.3, 0.4) is 0 Å². The van der Waals surface area contributed by atoms with Gasteiger partial charge < -0.3 is 4.18 Å². The number of rotatable bonds is 2. The van der Waals surface area contributed by atoms with E-state index in [1.807, 2.05) is 13.0 Å². The van der Waals surface area contributed by atoms with Crippen molar-refractivity contribution in [2.45, 2.75) is 6.92 Å². The number of amides is 1. The van der Waals surface area contributed by atoms with Gasteiger partial charge in [0.05, 0.1) is 0 Å². The van der Waals surface area contributed by atoms with Crippen molar-refractivity contribution in [1.29, 1.82) is 0 Å². The monoisotopic (exact) mass is 245 g/mol. The highest BCUT2D eigenvalue weighted by Gasteiger charge is 2.18. The Hall–Kier alpha value is -1.60. The zero-order valence-electron chi connectivity index (χ0n) is 8.75. The summed E-state index contributed by atoms with van der Waals surface area (Å²) in [6.45, 7) is 1.82. The van der Waals surface area contributed by atoms with Crippen molar-refractivity contribution in [3.63, 3.8) is 0 Å². The van der Waals surface area contributed by atoms with Crippen molar-refractivity contribution in [1.82, 2.24) is 0 Å². The van der Waals surface area contributed by atoms with Crippen molar-refractivity contribution >= 4 is 22.2 Å². The van der Waals surface area contributed by atoms with Gasteiger partial charge in [-0.2, -0.15) is 8.42 Å². The van der Waals surface area contributed by atoms with Crippen LogP contribution in [0.25, 0.3) is 0 Å². The lowest BCUT2D eigenvalue weighted by Gasteiger charge is -2.15. The molecule has 1 N–H and O–H groups in total. The first-order valence-corrected chi connectivity index (χ1v) is 5.67. The van der Waals surface area contributed by atoms with Crippen molar-refractivity contribution in [2.75, 3.05) is 11.9 Å². The third-order valence-corrected chi connectivity index (χ3v) is 2.19. The Balaban J connectivity index is 2.86. The quantitative estimate of drug-likeness (QED) is 0.795. The van der Waals surface area contributed by atoms with Gasteiger partial charge in [-0.25, -0.2) is 4.79 Å². The van der Waals surface area contributed by atoms with Crippen LogP contribution in [0.4, 0.5) is 10.5 Å². The molecule has 0 aromatic heterocycles. The lowest BCUT2D eigenvalue weighted by Crippen LogP contribution is -2.29. The third kappa shape index (κ3) is 3.52. The molecule has 1 amide bonds. The molecule has 0 unspecified atom stereocenters. The number of anilines is 1. The molecule has 1 aromatic rings. The van der Waals surface area contributed by atoms with Gasteiger partial charge in [-0.3, -0.25) is 9.45 Å². The van der Waals surface area contributed by atoms with Gasteiger partial charge in [0.2, 0.25) is 0 Å². The lowest BCUT2D eigenvalue weighted by atomic mass is 10.2. The van der Waals surface area contributed by atoms with Gasteiger partial charge in [-0.05, 0) is 24.6 Å². The largest absolute Gasteiger partial charge is 0.450 e. The van der Waals surface area contributed by atoms with Crippen LogP contribution in [-0.2, 0) is 14.6 Å². The van der Waals surface area contributed by atoms with E-state index in [1.165, 1.54) is 7.05 Å². The van der Waals surface area contributed by atoms with E-state index in [2.05, 4.69) is 4.18 Å². The fraction of sp³-hybridized carbons (Fsp3) is 0.222. The topological polar surface area (TPSA) is 83.9 Å². The molecule has 1 rings (SSSR count).